The van der Waals surface area contributed by atoms with Gasteiger partial charge in [-0.3, -0.25) is 0 Å². The van der Waals surface area contributed by atoms with E-state index in [0.717, 1.165) is 66.7 Å². The first kappa shape index (κ1) is 28.1. The zero-order valence-corrected chi connectivity index (χ0v) is 29.6. The fourth-order valence-electron chi connectivity index (χ4n) is 7.36. The van der Waals surface area contributed by atoms with Gasteiger partial charge in [0.25, 0.3) is 0 Å². The minimum Gasteiger partial charge on any atom is -0.309 e. The highest BCUT2D eigenvalue weighted by molar-refractivity contribution is 6.10. The van der Waals surface area contributed by atoms with Crippen molar-refractivity contribution in [2.75, 3.05) is 0 Å². The van der Waals surface area contributed by atoms with E-state index in [0.29, 0.717) is 28.4 Å². The van der Waals surface area contributed by atoms with E-state index in [1.807, 2.05) is 138 Å². The number of benzene rings is 8. The van der Waals surface area contributed by atoms with Gasteiger partial charge in [0.1, 0.15) is 0 Å². The molecule has 0 saturated carbocycles. The van der Waals surface area contributed by atoms with Crippen LogP contribution in [0.3, 0.4) is 0 Å². The Morgan fingerprint density at radius 3 is 1.53 bits per heavy atom. The summed E-state index contributed by atoms with van der Waals surface area (Å²) in [5.41, 5.74) is 10.7. The SMILES string of the molecule is [2H]c1c([2H])c([2H])c2c(c1[2H])c1ccc(-c3ccccc3-c3ccccc3)cc1n2-c1cccc(-c2cccc(-c3nc(-c4ccccc4)nc(-c4ccccc4)n3)c2)c1. The van der Waals surface area contributed by atoms with Gasteiger partial charge < -0.3 is 4.57 Å². The van der Waals surface area contributed by atoms with Gasteiger partial charge in [-0.25, -0.2) is 15.0 Å². The summed E-state index contributed by atoms with van der Waals surface area (Å²) in [7, 11) is 0. The third-order valence-corrected chi connectivity index (χ3v) is 9.98. The lowest BCUT2D eigenvalue weighted by Gasteiger charge is -2.13. The molecule has 0 aliphatic carbocycles. The van der Waals surface area contributed by atoms with E-state index < -0.39 is 0 Å². The second-order valence-corrected chi connectivity index (χ2v) is 13.4. The largest absolute Gasteiger partial charge is 0.309 e. The molecule has 0 unspecified atom stereocenters. The van der Waals surface area contributed by atoms with Crippen molar-refractivity contribution in [2.45, 2.75) is 0 Å². The Labute approximate surface area is 325 Å². The van der Waals surface area contributed by atoms with E-state index >= 15 is 0 Å². The van der Waals surface area contributed by atoms with Gasteiger partial charge in [0.2, 0.25) is 0 Å². The molecule has 10 rings (SSSR count). The number of fused-ring (bicyclic) bond motifs is 3. The van der Waals surface area contributed by atoms with Crippen molar-refractivity contribution >= 4 is 21.8 Å². The Bertz CT molecular complexity index is 3140. The Balaban J connectivity index is 1.14. The topological polar surface area (TPSA) is 43.6 Å². The summed E-state index contributed by atoms with van der Waals surface area (Å²) in [5, 5.41) is 1.23. The van der Waals surface area contributed by atoms with Crippen LogP contribution in [0.4, 0.5) is 0 Å². The Kier molecular flexibility index (Phi) is 7.08. The van der Waals surface area contributed by atoms with E-state index in [9.17, 15) is 1.37 Å². The highest BCUT2D eigenvalue weighted by Crippen LogP contribution is 2.38. The Morgan fingerprint density at radius 2 is 0.855 bits per heavy atom. The average molecular weight is 707 g/mol. The highest BCUT2D eigenvalue weighted by Gasteiger charge is 2.17. The molecule has 10 aromatic rings. The van der Waals surface area contributed by atoms with Crippen LogP contribution in [0.5, 0.6) is 0 Å². The normalized spacial score (nSPS) is 12.3. The predicted molar refractivity (Wildman–Crippen MR) is 227 cm³/mol. The molecule has 0 fully saturated rings. The summed E-state index contributed by atoms with van der Waals surface area (Å²) in [6.07, 6.45) is 0. The Hall–Kier alpha value is -7.43. The molecule has 0 atom stereocenters. The van der Waals surface area contributed by atoms with Gasteiger partial charge in [-0.2, -0.15) is 0 Å². The first-order valence-corrected chi connectivity index (χ1v) is 18.2. The smallest absolute Gasteiger partial charge is 0.164 e. The van der Waals surface area contributed by atoms with E-state index in [1.54, 1.807) is 0 Å². The molecule has 0 amide bonds. The number of nitrogens with zero attached hydrogens (tertiary/aromatic N) is 4. The van der Waals surface area contributed by atoms with E-state index in [2.05, 4.69) is 48.5 Å². The van der Waals surface area contributed by atoms with E-state index in [1.165, 1.54) is 0 Å². The monoisotopic (exact) mass is 706 g/mol. The van der Waals surface area contributed by atoms with Gasteiger partial charge in [0.15, 0.2) is 17.5 Å². The molecular weight excluding hydrogens is 669 g/mol. The molecule has 0 bridgehead atoms. The lowest BCUT2D eigenvalue weighted by molar-refractivity contribution is 1.07. The third-order valence-electron chi connectivity index (χ3n) is 9.98. The number of hydrogen-bond donors (Lipinski definition) is 0. The molecule has 55 heavy (non-hydrogen) atoms. The van der Waals surface area contributed by atoms with Crippen LogP contribution in [0.25, 0.3) is 95.0 Å². The van der Waals surface area contributed by atoms with Gasteiger partial charge in [-0.1, -0.05) is 176 Å². The van der Waals surface area contributed by atoms with Crippen LogP contribution in [0.2, 0.25) is 0 Å². The van der Waals surface area contributed by atoms with Crippen LogP contribution in [0.15, 0.2) is 206 Å². The van der Waals surface area contributed by atoms with Crippen LogP contribution < -0.4 is 0 Å². The van der Waals surface area contributed by atoms with Gasteiger partial charge in [0, 0.05) is 33.2 Å². The van der Waals surface area contributed by atoms with Crippen LogP contribution in [-0.4, -0.2) is 19.5 Å². The van der Waals surface area contributed by atoms with Crippen LogP contribution in [-0.2, 0) is 0 Å². The summed E-state index contributed by atoms with van der Waals surface area (Å²) in [6, 6.07) is 60.1. The van der Waals surface area contributed by atoms with E-state index in [-0.39, 0.29) is 24.2 Å². The first-order chi connectivity index (χ1) is 28.9. The molecular formula is C51H34N4. The van der Waals surface area contributed by atoms with Gasteiger partial charge in [-0.05, 0) is 63.7 Å². The molecule has 4 nitrogen and oxygen atoms in total. The Morgan fingerprint density at radius 1 is 0.345 bits per heavy atom. The molecule has 0 spiro atoms. The maximum Gasteiger partial charge on any atom is 0.164 e. The summed E-state index contributed by atoms with van der Waals surface area (Å²) in [4.78, 5) is 14.8. The fraction of sp³-hybridized carbons (Fsp3) is 0. The molecule has 2 heterocycles. The van der Waals surface area contributed by atoms with Crippen molar-refractivity contribution in [3.63, 3.8) is 0 Å². The summed E-state index contributed by atoms with van der Waals surface area (Å²) in [5.74, 6) is 1.73. The molecule has 258 valence electrons. The maximum atomic E-state index is 9.18. The molecule has 0 aliphatic rings. The summed E-state index contributed by atoms with van der Waals surface area (Å²) >= 11 is 0. The van der Waals surface area contributed by atoms with Crippen molar-refractivity contribution in [3.8, 4) is 73.2 Å². The zero-order valence-electron chi connectivity index (χ0n) is 33.6. The first-order valence-electron chi connectivity index (χ1n) is 20.2. The summed E-state index contributed by atoms with van der Waals surface area (Å²) in [6.45, 7) is 0. The van der Waals surface area contributed by atoms with Gasteiger partial charge in [-0.15, -0.1) is 0 Å². The van der Waals surface area contributed by atoms with Crippen LogP contribution >= 0.6 is 0 Å². The number of para-hydroxylation sites is 1. The van der Waals surface area contributed by atoms with Crippen LogP contribution in [0, 0.1) is 0 Å². The third kappa shape index (κ3) is 6.06. The number of aromatic nitrogens is 4. The predicted octanol–water partition coefficient (Wildman–Crippen LogP) is 13.0. The minimum atomic E-state index is -0.271. The van der Waals surface area contributed by atoms with Gasteiger partial charge >= 0.3 is 0 Å². The molecule has 8 aromatic carbocycles. The average Bonchev–Trinajstić information content (AvgIpc) is 3.66. The second-order valence-electron chi connectivity index (χ2n) is 13.4. The molecule has 0 radical (unpaired) electrons. The maximum absolute atomic E-state index is 9.18. The summed E-state index contributed by atoms with van der Waals surface area (Å²) < 4.78 is 37.5. The van der Waals surface area contributed by atoms with E-state index in [4.69, 9.17) is 19.1 Å². The molecule has 0 N–H and O–H groups in total. The zero-order chi connectivity index (χ0) is 40.0. The second kappa shape index (κ2) is 13.8. The quantitative estimate of drug-likeness (QED) is 0.166. The number of rotatable bonds is 7. The molecule has 2 aromatic heterocycles. The standard InChI is InChI=1S/C51H34N4/c1-4-16-35(17-5-1)43-26-10-11-27-44(43)40-30-31-46-45-28-12-13-29-47(45)55(48(46)34-40)42-25-15-23-39(33-42)38-22-14-24-41(32-38)51-53-49(36-18-6-2-7-19-36)52-50(54-51)37-20-8-3-9-21-37/h1-34H/i12D,13D,28D,29D. The van der Waals surface area contributed by atoms with Crippen LogP contribution in [0.1, 0.15) is 5.48 Å². The van der Waals surface area contributed by atoms with Crippen molar-refractivity contribution in [2.24, 2.45) is 0 Å². The molecule has 0 saturated heterocycles. The lowest BCUT2D eigenvalue weighted by atomic mass is 9.94. The minimum absolute atomic E-state index is 0.0619. The van der Waals surface area contributed by atoms with Gasteiger partial charge in [0.05, 0.1) is 16.5 Å². The highest BCUT2D eigenvalue weighted by atomic mass is 15.0. The lowest BCUT2D eigenvalue weighted by Crippen LogP contribution is -2.00. The fourth-order valence-corrected chi connectivity index (χ4v) is 7.36. The molecule has 0 aliphatic heterocycles. The van der Waals surface area contributed by atoms with Crippen molar-refractivity contribution in [1.29, 1.82) is 0 Å². The van der Waals surface area contributed by atoms with Crippen molar-refractivity contribution in [3.05, 3.63) is 206 Å². The molecule has 4 heteroatoms. The number of hydrogen-bond acceptors (Lipinski definition) is 3. The van der Waals surface area contributed by atoms with Crippen molar-refractivity contribution in [1.82, 2.24) is 19.5 Å². The van der Waals surface area contributed by atoms with Crippen molar-refractivity contribution < 1.29 is 5.48 Å².